The Balaban J connectivity index is 1.14. The predicted molar refractivity (Wildman–Crippen MR) is 181 cm³/mol. The number of anilines is 1. The van der Waals surface area contributed by atoms with Crippen molar-refractivity contribution in [2.75, 3.05) is 64.4 Å². The number of pyridine rings is 2. The van der Waals surface area contributed by atoms with Crippen LogP contribution in [-0.2, 0) is 10.0 Å². The van der Waals surface area contributed by atoms with Gasteiger partial charge in [-0.05, 0) is 92.4 Å². The number of fused-ring (bicyclic) bond motifs is 1. The van der Waals surface area contributed by atoms with E-state index >= 15 is 0 Å². The van der Waals surface area contributed by atoms with Crippen molar-refractivity contribution in [3.63, 3.8) is 0 Å². The number of nitrogens with one attached hydrogen (secondary N) is 1. The van der Waals surface area contributed by atoms with Crippen molar-refractivity contribution in [3.05, 3.63) is 78.6 Å². The molecule has 0 saturated carbocycles. The number of piperidine rings is 1. The molecule has 10 nitrogen and oxygen atoms in total. The normalized spacial score (nSPS) is 16.9. The van der Waals surface area contributed by atoms with Gasteiger partial charge in [0.15, 0.2) is 0 Å². The highest BCUT2D eigenvalue weighted by molar-refractivity contribution is 7.89. The smallest absolute Gasteiger partial charge is 0.252 e. The summed E-state index contributed by atoms with van der Waals surface area (Å²) >= 11 is 0. The quantitative estimate of drug-likeness (QED) is 0.249. The third-order valence-electron chi connectivity index (χ3n) is 9.11. The summed E-state index contributed by atoms with van der Waals surface area (Å²) < 4.78 is 34.0. The van der Waals surface area contributed by atoms with Crippen LogP contribution >= 0.6 is 0 Å². The summed E-state index contributed by atoms with van der Waals surface area (Å²) in [6.07, 6.45) is 5.89. The van der Waals surface area contributed by atoms with E-state index in [0.29, 0.717) is 47.7 Å². The van der Waals surface area contributed by atoms with E-state index < -0.39 is 10.0 Å². The molecule has 46 heavy (non-hydrogen) atoms. The van der Waals surface area contributed by atoms with Gasteiger partial charge in [-0.15, -0.1) is 0 Å². The van der Waals surface area contributed by atoms with Crippen molar-refractivity contribution in [2.24, 2.45) is 5.92 Å². The molecule has 2 aromatic carbocycles. The maximum Gasteiger partial charge on any atom is 0.252 e. The number of nitrogens with zero attached hydrogens (tertiary/aromatic N) is 5. The van der Waals surface area contributed by atoms with Gasteiger partial charge in [-0.3, -0.25) is 14.7 Å². The lowest BCUT2D eigenvalue weighted by Crippen LogP contribution is -2.47. The van der Waals surface area contributed by atoms with Gasteiger partial charge >= 0.3 is 0 Å². The van der Waals surface area contributed by atoms with E-state index in [1.54, 1.807) is 48.1 Å². The Bertz CT molecular complexity index is 1750. The van der Waals surface area contributed by atoms with Crippen LogP contribution in [0.25, 0.3) is 22.2 Å². The second-order valence-electron chi connectivity index (χ2n) is 12.2. The van der Waals surface area contributed by atoms with Crippen LogP contribution in [0.4, 0.5) is 5.69 Å². The number of benzene rings is 2. The van der Waals surface area contributed by atoms with Crippen LogP contribution in [0.1, 0.15) is 36.5 Å². The van der Waals surface area contributed by atoms with Crippen molar-refractivity contribution in [3.8, 4) is 17.0 Å². The lowest BCUT2D eigenvalue weighted by Gasteiger charge is -2.36. The first-order valence-electron chi connectivity index (χ1n) is 16.1. The van der Waals surface area contributed by atoms with Gasteiger partial charge in [0.1, 0.15) is 5.75 Å². The molecular weight excluding hydrogens is 600 g/mol. The van der Waals surface area contributed by atoms with Crippen LogP contribution in [0.2, 0.25) is 0 Å². The Labute approximate surface area is 271 Å². The second-order valence-corrected chi connectivity index (χ2v) is 14.1. The van der Waals surface area contributed by atoms with Crippen molar-refractivity contribution in [1.29, 1.82) is 0 Å². The van der Waals surface area contributed by atoms with Gasteiger partial charge in [-0.2, -0.15) is 4.31 Å². The van der Waals surface area contributed by atoms with Crippen LogP contribution in [-0.4, -0.2) is 93.0 Å². The first-order valence-corrected chi connectivity index (χ1v) is 17.5. The zero-order valence-corrected chi connectivity index (χ0v) is 27.4. The lowest BCUT2D eigenvalue weighted by molar-refractivity contribution is 0.0953. The number of aromatic nitrogens is 2. The lowest BCUT2D eigenvalue weighted by atomic mass is 10.0. The van der Waals surface area contributed by atoms with Crippen LogP contribution in [0.3, 0.4) is 0 Å². The molecule has 11 heteroatoms. The number of hydrogen-bond acceptors (Lipinski definition) is 8. The summed E-state index contributed by atoms with van der Waals surface area (Å²) in [7, 11) is -2.02. The number of amides is 1. The fourth-order valence-electron chi connectivity index (χ4n) is 6.21. The highest BCUT2D eigenvalue weighted by Crippen LogP contribution is 2.29. The first-order chi connectivity index (χ1) is 22.3. The summed E-state index contributed by atoms with van der Waals surface area (Å²) in [6, 6.07) is 18.6. The molecule has 2 aromatic heterocycles. The fourth-order valence-corrected chi connectivity index (χ4v) is 7.71. The van der Waals surface area contributed by atoms with Gasteiger partial charge in [0, 0.05) is 74.8 Å². The molecule has 0 atom stereocenters. The van der Waals surface area contributed by atoms with E-state index in [1.807, 2.05) is 24.3 Å². The molecule has 0 aliphatic carbocycles. The van der Waals surface area contributed by atoms with Gasteiger partial charge in [-0.25, -0.2) is 13.4 Å². The van der Waals surface area contributed by atoms with E-state index in [2.05, 4.69) is 39.2 Å². The molecule has 0 radical (unpaired) electrons. The average molecular weight is 643 g/mol. The van der Waals surface area contributed by atoms with Gasteiger partial charge in [-0.1, -0.05) is 6.92 Å². The van der Waals surface area contributed by atoms with Gasteiger partial charge in [0.25, 0.3) is 5.91 Å². The second kappa shape index (κ2) is 14.1. The molecule has 1 amide bonds. The summed E-state index contributed by atoms with van der Waals surface area (Å²) in [4.78, 5) is 27.7. The largest absolute Gasteiger partial charge is 0.497 e. The standard InChI is InChI=1S/C35H42N6O4S/c1-26-12-17-41(18-13-26)46(43,44)30-10-11-33-31(23-30)32(24-34(38-33)27-5-3-14-36-25-27)35(42)37-15-4-16-39-19-21-40(22-20-39)28-6-8-29(45-2)9-7-28/h3,5-11,14,23-26H,4,12-13,15-22H2,1-2H3,(H,37,42). The molecule has 1 N–H and O–H groups in total. The highest BCUT2D eigenvalue weighted by atomic mass is 32.2. The zero-order chi connectivity index (χ0) is 32.1. The summed E-state index contributed by atoms with van der Waals surface area (Å²) in [5, 5.41) is 3.61. The van der Waals surface area contributed by atoms with Gasteiger partial charge in [0.05, 0.1) is 28.8 Å². The molecule has 242 valence electrons. The third-order valence-corrected chi connectivity index (χ3v) is 11.0. The van der Waals surface area contributed by atoms with Crippen LogP contribution < -0.4 is 15.0 Å². The maximum atomic E-state index is 13.7. The van der Waals surface area contributed by atoms with E-state index in [9.17, 15) is 13.2 Å². The zero-order valence-electron chi connectivity index (χ0n) is 26.6. The average Bonchev–Trinajstić information content (AvgIpc) is 3.10. The fraction of sp³-hybridized carbons (Fsp3) is 0.400. The van der Waals surface area contributed by atoms with Crippen molar-refractivity contribution in [2.45, 2.75) is 31.1 Å². The molecule has 0 spiro atoms. The summed E-state index contributed by atoms with van der Waals surface area (Å²) in [5.41, 5.74) is 3.56. The molecule has 2 fully saturated rings. The monoisotopic (exact) mass is 642 g/mol. The Hall–Kier alpha value is -4.06. The topological polar surface area (TPSA) is 108 Å². The van der Waals surface area contributed by atoms with Gasteiger partial charge in [0.2, 0.25) is 10.0 Å². The summed E-state index contributed by atoms with van der Waals surface area (Å²) in [6.45, 7) is 8.35. The third kappa shape index (κ3) is 7.16. The van der Waals surface area contributed by atoms with E-state index in [0.717, 1.165) is 63.3 Å². The molecule has 0 unspecified atom stereocenters. The number of sulfonamides is 1. The van der Waals surface area contributed by atoms with E-state index in [-0.39, 0.29) is 10.8 Å². The molecule has 2 aliphatic rings. The number of carbonyl (C=O) groups is 1. The number of carbonyl (C=O) groups excluding carboxylic acids is 1. The van der Waals surface area contributed by atoms with Crippen molar-refractivity contribution in [1.82, 2.24) is 24.5 Å². The minimum Gasteiger partial charge on any atom is -0.497 e. The van der Waals surface area contributed by atoms with Crippen LogP contribution in [0.5, 0.6) is 5.75 Å². The predicted octanol–water partition coefficient (Wildman–Crippen LogP) is 4.67. The van der Waals surface area contributed by atoms with Crippen LogP contribution in [0.15, 0.2) is 78.0 Å². The number of piperazine rings is 1. The molecule has 4 heterocycles. The first kappa shape index (κ1) is 31.9. The molecule has 2 aliphatic heterocycles. The minimum absolute atomic E-state index is 0.188. The molecular formula is C35H42N6O4S. The Morgan fingerprint density at radius 3 is 2.43 bits per heavy atom. The number of hydrogen-bond donors (Lipinski definition) is 1. The molecule has 2 saturated heterocycles. The Morgan fingerprint density at radius 2 is 1.74 bits per heavy atom. The molecule has 4 aromatic rings. The number of rotatable bonds is 10. The Kier molecular flexibility index (Phi) is 9.81. The van der Waals surface area contributed by atoms with Crippen LogP contribution in [0, 0.1) is 5.92 Å². The van der Waals surface area contributed by atoms with E-state index in [4.69, 9.17) is 9.72 Å². The minimum atomic E-state index is -3.69. The number of ether oxygens (including phenoxy) is 1. The van der Waals surface area contributed by atoms with Gasteiger partial charge < -0.3 is 15.0 Å². The summed E-state index contributed by atoms with van der Waals surface area (Å²) in [5.74, 6) is 1.12. The number of methoxy groups -OCH3 is 1. The Morgan fingerprint density at radius 1 is 0.978 bits per heavy atom. The SMILES string of the molecule is COc1ccc(N2CCN(CCCNC(=O)c3cc(-c4cccnc4)nc4ccc(S(=O)(=O)N5CCC(C)CC5)cc34)CC2)cc1. The molecule has 0 bridgehead atoms. The van der Waals surface area contributed by atoms with Crippen molar-refractivity contribution >= 4 is 32.5 Å². The van der Waals surface area contributed by atoms with E-state index in [1.165, 1.54) is 5.69 Å². The highest BCUT2D eigenvalue weighted by Gasteiger charge is 2.29. The van der Waals surface area contributed by atoms with Crippen molar-refractivity contribution < 1.29 is 17.9 Å². The maximum absolute atomic E-state index is 13.7. The molecule has 6 rings (SSSR count).